The fourth-order valence-electron chi connectivity index (χ4n) is 1.93. The van der Waals surface area contributed by atoms with E-state index >= 15 is 0 Å². The van der Waals surface area contributed by atoms with Crippen molar-refractivity contribution >= 4 is 5.57 Å². The molecule has 0 unspecified atom stereocenters. The van der Waals surface area contributed by atoms with Gasteiger partial charge in [0.2, 0.25) is 0 Å². The SMILES string of the molecule is FC(F)(F)c1ccccc1C1=CCCC1. The predicted octanol–water partition coefficient (Wildman–Crippen LogP) is 4.27. The normalized spacial score (nSPS) is 16.6. The van der Waals surface area contributed by atoms with Crippen molar-refractivity contribution in [3.63, 3.8) is 0 Å². The van der Waals surface area contributed by atoms with Gasteiger partial charge < -0.3 is 0 Å². The van der Waals surface area contributed by atoms with Crippen LogP contribution in [0.1, 0.15) is 30.4 Å². The summed E-state index contributed by atoms with van der Waals surface area (Å²) in [4.78, 5) is 0. The Labute approximate surface area is 86.4 Å². The van der Waals surface area contributed by atoms with Crippen LogP contribution >= 0.6 is 0 Å². The summed E-state index contributed by atoms with van der Waals surface area (Å²) in [5.74, 6) is 0. The molecular weight excluding hydrogens is 201 g/mol. The molecule has 2 rings (SSSR count). The van der Waals surface area contributed by atoms with Crippen molar-refractivity contribution in [1.82, 2.24) is 0 Å². The first-order chi connectivity index (χ1) is 7.09. The molecule has 0 nitrogen and oxygen atoms in total. The van der Waals surface area contributed by atoms with E-state index in [1.54, 1.807) is 12.1 Å². The van der Waals surface area contributed by atoms with E-state index in [-0.39, 0.29) is 0 Å². The summed E-state index contributed by atoms with van der Waals surface area (Å²) >= 11 is 0. The molecule has 0 aromatic heterocycles. The van der Waals surface area contributed by atoms with Crippen molar-refractivity contribution in [3.8, 4) is 0 Å². The number of benzene rings is 1. The van der Waals surface area contributed by atoms with Gasteiger partial charge in [0.15, 0.2) is 0 Å². The van der Waals surface area contributed by atoms with Crippen LogP contribution in [0, 0.1) is 0 Å². The van der Waals surface area contributed by atoms with Gasteiger partial charge in [0, 0.05) is 0 Å². The molecule has 0 radical (unpaired) electrons. The van der Waals surface area contributed by atoms with Gasteiger partial charge in [0.25, 0.3) is 0 Å². The Morgan fingerprint density at radius 2 is 1.80 bits per heavy atom. The van der Waals surface area contributed by atoms with Gasteiger partial charge in [-0.3, -0.25) is 0 Å². The Morgan fingerprint density at radius 3 is 2.40 bits per heavy atom. The molecule has 1 aliphatic rings. The zero-order chi connectivity index (χ0) is 10.9. The largest absolute Gasteiger partial charge is 0.416 e. The van der Waals surface area contributed by atoms with Gasteiger partial charge >= 0.3 is 6.18 Å². The second kappa shape index (κ2) is 3.72. The van der Waals surface area contributed by atoms with Crippen molar-refractivity contribution < 1.29 is 13.2 Å². The smallest absolute Gasteiger partial charge is 0.166 e. The van der Waals surface area contributed by atoms with Crippen LogP contribution in [0.5, 0.6) is 0 Å². The summed E-state index contributed by atoms with van der Waals surface area (Å²) in [6.45, 7) is 0. The van der Waals surface area contributed by atoms with E-state index in [0.717, 1.165) is 30.9 Å². The van der Waals surface area contributed by atoms with Crippen LogP contribution < -0.4 is 0 Å². The Bertz CT molecular complexity index is 388. The number of hydrogen-bond donors (Lipinski definition) is 0. The molecule has 80 valence electrons. The highest BCUT2D eigenvalue weighted by Gasteiger charge is 2.33. The molecule has 15 heavy (non-hydrogen) atoms. The van der Waals surface area contributed by atoms with E-state index in [9.17, 15) is 13.2 Å². The molecule has 0 saturated heterocycles. The van der Waals surface area contributed by atoms with Crippen molar-refractivity contribution in [3.05, 3.63) is 41.5 Å². The van der Waals surface area contributed by atoms with Crippen LogP contribution in [-0.2, 0) is 6.18 Å². The fraction of sp³-hybridized carbons (Fsp3) is 0.333. The van der Waals surface area contributed by atoms with Gasteiger partial charge in [0.05, 0.1) is 5.56 Å². The van der Waals surface area contributed by atoms with E-state index in [2.05, 4.69) is 0 Å². The summed E-state index contributed by atoms with van der Waals surface area (Å²) in [6, 6.07) is 5.79. The second-order valence-electron chi connectivity index (χ2n) is 3.66. The zero-order valence-electron chi connectivity index (χ0n) is 8.14. The average molecular weight is 212 g/mol. The van der Waals surface area contributed by atoms with Crippen molar-refractivity contribution in [2.75, 3.05) is 0 Å². The van der Waals surface area contributed by atoms with Gasteiger partial charge in [0.1, 0.15) is 0 Å². The lowest BCUT2D eigenvalue weighted by Crippen LogP contribution is -2.08. The van der Waals surface area contributed by atoms with Crippen LogP contribution in [0.3, 0.4) is 0 Å². The first-order valence-electron chi connectivity index (χ1n) is 4.94. The summed E-state index contributed by atoms with van der Waals surface area (Å²) in [6.07, 6.45) is 0.265. The molecule has 0 fully saturated rings. The lowest BCUT2D eigenvalue weighted by molar-refractivity contribution is -0.137. The van der Waals surface area contributed by atoms with Crippen LogP contribution in [0.15, 0.2) is 30.3 Å². The Morgan fingerprint density at radius 1 is 1.07 bits per heavy atom. The molecule has 1 aliphatic carbocycles. The molecule has 0 aliphatic heterocycles. The quantitative estimate of drug-likeness (QED) is 0.652. The highest BCUT2D eigenvalue weighted by molar-refractivity contribution is 5.70. The summed E-state index contributed by atoms with van der Waals surface area (Å²) < 4.78 is 38.0. The molecule has 0 N–H and O–H groups in total. The van der Waals surface area contributed by atoms with Gasteiger partial charge in [-0.15, -0.1) is 0 Å². The highest BCUT2D eigenvalue weighted by atomic mass is 19.4. The molecule has 0 amide bonds. The lowest BCUT2D eigenvalue weighted by atomic mass is 9.99. The van der Waals surface area contributed by atoms with Gasteiger partial charge in [-0.1, -0.05) is 24.3 Å². The fourth-order valence-corrected chi connectivity index (χ4v) is 1.93. The molecule has 3 heteroatoms. The summed E-state index contributed by atoms with van der Waals surface area (Å²) in [5, 5.41) is 0. The molecule has 0 bridgehead atoms. The van der Waals surface area contributed by atoms with Gasteiger partial charge in [-0.25, -0.2) is 0 Å². The summed E-state index contributed by atoms with van der Waals surface area (Å²) in [7, 11) is 0. The number of alkyl halides is 3. The number of hydrogen-bond acceptors (Lipinski definition) is 0. The monoisotopic (exact) mass is 212 g/mol. The van der Waals surface area contributed by atoms with E-state index in [1.165, 1.54) is 6.07 Å². The Kier molecular flexibility index (Phi) is 2.55. The molecule has 1 aromatic rings. The number of rotatable bonds is 1. The Balaban J connectivity index is 2.47. The van der Waals surface area contributed by atoms with E-state index in [4.69, 9.17) is 0 Å². The molecule has 0 saturated carbocycles. The van der Waals surface area contributed by atoms with Crippen molar-refractivity contribution in [2.45, 2.75) is 25.4 Å². The Hall–Kier alpha value is -1.25. The van der Waals surface area contributed by atoms with Crippen LogP contribution in [-0.4, -0.2) is 0 Å². The van der Waals surface area contributed by atoms with Gasteiger partial charge in [-0.2, -0.15) is 13.2 Å². The second-order valence-corrected chi connectivity index (χ2v) is 3.66. The first kappa shape index (κ1) is 10.3. The van der Waals surface area contributed by atoms with E-state index in [1.807, 2.05) is 6.08 Å². The third kappa shape index (κ3) is 2.06. The average Bonchev–Trinajstić information content (AvgIpc) is 2.69. The zero-order valence-corrected chi connectivity index (χ0v) is 8.14. The minimum atomic E-state index is -4.25. The first-order valence-corrected chi connectivity index (χ1v) is 4.94. The lowest BCUT2D eigenvalue weighted by Gasteiger charge is -2.13. The number of halogens is 3. The molecule has 0 spiro atoms. The summed E-state index contributed by atoms with van der Waals surface area (Å²) in [5.41, 5.74) is 0.670. The standard InChI is InChI=1S/C12H11F3/c13-12(14,15)11-8-4-3-7-10(11)9-5-1-2-6-9/h3-5,7-8H,1-2,6H2. The maximum Gasteiger partial charge on any atom is 0.416 e. The van der Waals surface area contributed by atoms with Crippen molar-refractivity contribution in [2.24, 2.45) is 0 Å². The van der Waals surface area contributed by atoms with E-state index in [0.29, 0.717) is 5.56 Å². The molecule has 0 atom stereocenters. The van der Waals surface area contributed by atoms with Crippen LogP contribution in [0.2, 0.25) is 0 Å². The maximum absolute atomic E-state index is 12.7. The molecule has 0 heterocycles. The predicted molar refractivity (Wildman–Crippen MR) is 53.3 cm³/mol. The minimum absolute atomic E-state index is 0.350. The van der Waals surface area contributed by atoms with Crippen LogP contribution in [0.4, 0.5) is 13.2 Å². The molecule has 1 aromatic carbocycles. The number of allylic oxidation sites excluding steroid dienone is 2. The van der Waals surface area contributed by atoms with Crippen LogP contribution in [0.25, 0.3) is 5.57 Å². The topological polar surface area (TPSA) is 0 Å². The molecular formula is C12H11F3. The van der Waals surface area contributed by atoms with Crippen molar-refractivity contribution in [1.29, 1.82) is 0 Å². The highest BCUT2D eigenvalue weighted by Crippen LogP contribution is 2.38. The van der Waals surface area contributed by atoms with Gasteiger partial charge in [-0.05, 0) is 36.5 Å². The minimum Gasteiger partial charge on any atom is -0.166 e. The third-order valence-corrected chi connectivity index (χ3v) is 2.62. The van der Waals surface area contributed by atoms with E-state index < -0.39 is 11.7 Å². The maximum atomic E-state index is 12.7. The third-order valence-electron chi connectivity index (χ3n) is 2.62.